The van der Waals surface area contributed by atoms with Crippen LogP contribution in [0.15, 0.2) is 29.4 Å². The van der Waals surface area contributed by atoms with Crippen LogP contribution in [0.3, 0.4) is 0 Å². The van der Waals surface area contributed by atoms with E-state index in [0.717, 1.165) is 36.6 Å². The molecule has 0 spiro atoms. The summed E-state index contributed by atoms with van der Waals surface area (Å²) in [6.45, 7) is 3.01. The first-order valence-corrected chi connectivity index (χ1v) is 9.12. The molecule has 21 heavy (non-hydrogen) atoms. The van der Waals surface area contributed by atoms with Gasteiger partial charge in [0, 0.05) is 19.2 Å². The highest BCUT2D eigenvalue weighted by molar-refractivity contribution is 7.99. The van der Waals surface area contributed by atoms with Crippen LogP contribution in [0.2, 0.25) is 0 Å². The summed E-state index contributed by atoms with van der Waals surface area (Å²) < 4.78 is 0. The molecule has 0 aliphatic carbocycles. The highest BCUT2D eigenvalue weighted by Gasteiger charge is 2.00. The Morgan fingerprint density at radius 2 is 2.00 bits per heavy atom. The van der Waals surface area contributed by atoms with E-state index in [1.807, 2.05) is 24.4 Å². The average Bonchev–Trinajstić information content (AvgIpc) is 2.51. The minimum absolute atomic E-state index is 0.212. The standard InChI is InChI=1S/C17H28N2OS/c1-2-3-4-5-6-11-16(20)18-13-9-10-15-21-17-12-7-8-14-19-17/h7-8,12,14H,2-6,9-11,13,15H2,1H3,(H,18,20). The number of nitrogens with one attached hydrogen (secondary N) is 1. The minimum Gasteiger partial charge on any atom is -0.356 e. The fraction of sp³-hybridized carbons (Fsp3) is 0.647. The topological polar surface area (TPSA) is 42.0 Å². The molecule has 1 aromatic rings. The molecule has 0 aromatic carbocycles. The van der Waals surface area contributed by atoms with Crippen LogP contribution in [0.25, 0.3) is 0 Å². The Labute approximate surface area is 133 Å². The first-order valence-electron chi connectivity index (χ1n) is 8.13. The van der Waals surface area contributed by atoms with Crippen LogP contribution in [0.1, 0.15) is 58.3 Å². The molecular weight excluding hydrogens is 280 g/mol. The van der Waals surface area contributed by atoms with Gasteiger partial charge in [-0.15, -0.1) is 11.8 Å². The molecule has 0 saturated carbocycles. The lowest BCUT2D eigenvalue weighted by atomic mass is 10.1. The van der Waals surface area contributed by atoms with Gasteiger partial charge >= 0.3 is 0 Å². The van der Waals surface area contributed by atoms with Gasteiger partial charge in [0.15, 0.2) is 0 Å². The van der Waals surface area contributed by atoms with Crippen LogP contribution in [0, 0.1) is 0 Å². The molecule has 4 heteroatoms. The lowest BCUT2D eigenvalue weighted by Crippen LogP contribution is -2.24. The van der Waals surface area contributed by atoms with E-state index in [1.54, 1.807) is 11.8 Å². The number of carbonyl (C=O) groups is 1. The zero-order valence-corrected chi connectivity index (χ0v) is 14.0. The molecule has 1 amide bonds. The van der Waals surface area contributed by atoms with Crippen molar-refractivity contribution in [1.82, 2.24) is 10.3 Å². The Bertz CT molecular complexity index is 370. The Hall–Kier alpha value is -1.03. The molecule has 0 fully saturated rings. The van der Waals surface area contributed by atoms with Crippen LogP contribution < -0.4 is 5.32 Å². The summed E-state index contributed by atoms with van der Waals surface area (Å²) in [6, 6.07) is 5.98. The van der Waals surface area contributed by atoms with Crippen molar-refractivity contribution in [3.05, 3.63) is 24.4 Å². The Morgan fingerprint density at radius 3 is 2.76 bits per heavy atom. The van der Waals surface area contributed by atoms with Gasteiger partial charge < -0.3 is 5.32 Å². The van der Waals surface area contributed by atoms with Crippen molar-refractivity contribution >= 4 is 17.7 Å². The summed E-state index contributed by atoms with van der Waals surface area (Å²) in [5, 5.41) is 4.09. The molecule has 0 bridgehead atoms. The quantitative estimate of drug-likeness (QED) is 0.459. The molecular formula is C17H28N2OS. The largest absolute Gasteiger partial charge is 0.356 e. The smallest absolute Gasteiger partial charge is 0.219 e. The van der Waals surface area contributed by atoms with Crippen molar-refractivity contribution < 1.29 is 4.79 Å². The van der Waals surface area contributed by atoms with E-state index < -0.39 is 0 Å². The normalized spacial score (nSPS) is 10.5. The number of unbranched alkanes of at least 4 members (excludes halogenated alkanes) is 5. The van der Waals surface area contributed by atoms with Crippen molar-refractivity contribution in [3.8, 4) is 0 Å². The first-order chi connectivity index (χ1) is 10.3. The molecule has 1 rings (SSSR count). The summed E-state index contributed by atoms with van der Waals surface area (Å²) in [5.41, 5.74) is 0. The van der Waals surface area contributed by atoms with Gasteiger partial charge in [0.05, 0.1) is 5.03 Å². The molecule has 0 aliphatic heterocycles. The van der Waals surface area contributed by atoms with E-state index in [4.69, 9.17) is 0 Å². The molecule has 3 nitrogen and oxygen atoms in total. The number of pyridine rings is 1. The van der Waals surface area contributed by atoms with Gasteiger partial charge in [0.1, 0.15) is 0 Å². The van der Waals surface area contributed by atoms with Gasteiger partial charge in [-0.25, -0.2) is 4.98 Å². The van der Waals surface area contributed by atoms with E-state index in [1.165, 1.54) is 25.7 Å². The Balaban J connectivity index is 1.88. The zero-order chi connectivity index (χ0) is 15.2. The van der Waals surface area contributed by atoms with Gasteiger partial charge in [-0.05, 0) is 37.1 Å². The number of amides is 1. The van der Waals surface area contributed by atoms with E-state index in [9.17, 15) is 4.79 Å². The van der Waals surface area contributed by atoms with E-state index >= 15 is 0 Å². The number of aromatic nitrogens is 1. The number of thioether (sulfide) groups is 1. The minimum atomic E-state index is 0.212. The van der Waals surface area contributed by atoms with Crippen LogP contribution in [-0.2, 0) is 4.79 Å². The van der Waals surface area contributed by atoms with Gasteiger partial charge in [-0.1, -0.05) is 38.7 Å². The Morgan fingerprint density at radius 1 is 1.14 bits per heavy atom. The van der Waals surface area contributed by atoms with E-state index in [0.29, 0.717) is 6.42 Å². The van der Waals surface area contributed by atoms with Crippen molar-refractivity contribution in [2.75, 3.05) is 12.3 Å². The highest BCUT2D eigenvalue weighted by Crippen LogP contribution is 2.15. The third kappa shape index (κ3) is 10.4. The maximum absolute atomic E-state index is 11.6. The summed E-state index contributed by atoms with van der Waals surface area (Å²) in [7, 11) is 0. The molecule has 0 radical (unpaired) electrons. The maximum Gasteiger partial charge on any atom is 0.219 e. The van der Waals surface area contributed by atoms with Gasteiger partial charge in [0.25, 0.3) is 0 Å². The van der Waals surface area contributed by atoms with Crippen LogP contribution >= 0.6 is 11.8 Å². The summed E-state index contributed by atoms with van der Waals surface area (Å²) >= 11 is 1.78. The maximum atomic E-state index is 11.6. The zero-order valence-electron chi connectivity index (χ0n) is 13.1. The fourth-order valence-corrected chi connectivity index (χ4v) is 2.91. The van der Waals surface area contributed by atoms with Crippen molar-refractivity contribution in [2.45, 2.75) is 63.3 Å². The van der Waals surface area contributed by atoms with Crippen molar-refractivity contribution in [1.29, 1.82) is 0 Å². The molecule has 0 atom stereocenters. The number of hydrogen-bond acceptors (Lipinski definition) is 3. The molecule has 1 aromatic heterocycles. The number of hydrogen-bond donors (Lipinski definition) is 1. The fourth-order valence-electron chi connectivity index (χ4n) is 2.04. The number of nitrogens with zero attached hydrogens (tertiary/aromatic N) is 1. The second kappa shape index (κ2) is 12.7. The molecule has 1 N–H and O–H groups in total. The molecule has 0 saturated heterocycles. The summed E-state index contributed by atoms with van der Waals surface area (Å²) in [6.07, 6.45) is 10.7. The van der Waals surface area contributed by atoms with E-state index in [-0.39, 0.29) is 5.91 Å². The second-order valence-electron chi connectivity index (χ2n) is 5.24. The van der Waals surface area contributed by atoms with Crippen LogP contribution in [0.4, 0.5) is 0 Å². The Kier molecular flexibility index (Phi) is 10.9. The van der Waals surface area contributed by atoms with Crippen LogP contribution in [0.5, 0.6) is 0 Å². The predicted molar refractivity (Wildman–Crippen MR) is 90.6 cm³/mol. The monoisotopic (exact) mass is 308 g/mol. The predicted octanol–water partition coefficient (Wildman–Crippen LogP) is 4.43. The number of rotatable bonds is 12. The lowest BCUT2D eigenvalue weighted by Gasteiger charge is -2.05. The first kappa shape index (κ1) is 18.0. The van der Waals surface area contributed by atoms with Gasteiger partial charge in [0.2, 0.25) is 5.91 Å². The second-order valence-corrected chi connectivity index (χ2v) is 6.35. The highest BCUT2D eigenvalue weighted by atomic mass is 32.2. The van der Waals surface area contributed by atoms with Gasteiger partial charge in [-0.2, -0.15) is 0 Å². The van der Waals surface area contributed by atoms with E-state index in [2.05, 4.69) is 17.2 Å². The van der Waals surface area contributed by atoms with Crippen LogP contribution in [-0.4, -0.2) is 23.2 Å². The summed E-state index contributed by atoms with van der Waals surface area (Å²) in [4.78, 5) is 15.9. The SMILES string of the molecule is CCCCCCCC(=O)NCCCCSc1ccccn1. The lowest BCUT2D eigenvalue weighted by molar-refractivity contribution is -0.121. The molecule has 0 unspecified atom stereocenters. The molecule has 0 aliphatic rings. The third-order valence-corrected chi connectivity index (χ3v) is 4.32. The van der Waals surface area contributed by atoms with Gasteiger partial charge in [-0.3, -0.25) is 4.79 Å². The third-order valence-electron chi connectivity index (χ3n) is 3.29. The molecule has 118 valence electrons. The average molecular weight is 308 g/mol. The number of carbonyl (C=O) groups excluding carboxylic acids is 1. The molecule has 1 heterocycles. The van der Waals surface area contributed by atoms with Crippen molar-refractivity contribution in [3.63, 3.8) is 0 Å². The summed E-state index contributed by atoms with van der Waals surface area (Å²) in [5.74, 6) is 1.27. The van der Waals surface area contributed by atoms with Crippen molar-refractivity contribution in [2.24, 2.45) is 0 Å².